The van der Waals surface area contributed by atoms with Gasteiger partial charge in [-0.2, -0.15) is 0 Å². The SMILES string of the molecule is C/C(=C\C(C)(C)CN1CCOCC1)C(=O)N1CCCC(C(=O)O)C1. The second kappa shape index (κ2) is 8.12. The predicted octanol–water partition coefficient (Wildman–Crippen LogP) is 1.61. The number of aliphatic carboxylic acids is 1. The van der Waals surface area contributed by atoms with Crippen molar-refractivity contribution in [3.05, 3.63) is 11.6 Å². The van der Waals surface area contributed by atoms with Gasteiger partial charge in [-0.3, -0.25) is 14.5 Å². The molecule has 24 heavy (non-hydrogen) atoms. The molecule has 2 rings (SSSR count). The molecular weight excluding hydrogens is 308 g/mol. The van der Waals surface area contributed by atoms with Gasteiger partial charge in [0.2, 0.25) is 5.91 Å². The third-order valence-corrected chi connectivity index (χ3v) is 4.74. The molecule has 136 valence electrons. The maximum absolute atomic E-state index is 12.7. The van der Waals surface area contributed by atoms with Crippen LogP contribution in [0.5, 0.6) is 0 Å². The fourth-order valence-electron chi connectivity index (χ4n) is 3.64. The second-order valence-electron chi connectivity index (χ2n) is 7.63. The summed E-state index contributed by atoms with van der Waals surface area (Å²) >= 11 is 0. The summed E-state index contributed by atoms with van der Waals surface area (Å²) in [7, 11) is 0. The first-order valence-corrected chi connectivity index (χ1v) is 8.80. The number of morpholine rings is 1. The number of nitrogens with zero attached hydrogens (tertiary/aromatic N) is 2. The van der Waals surface area contributed by atoms with Crippen molar-refractivity contribution >= 4 is 11.9 Å². The van der Waals surface area contributed by atoms with Crippen LogP contribution in [-0.4, -0.2) is 72.7 Å². The lowest BCUT2D eigenvalue weighted by atomic mass is 9.89. The number of carbonyl (C=O) groups is 2. The minimum absolute atomic E-state index is 0.0315. The lowest BCUT2D eigenvalue weighted by molar-refractivity contribution is -0.145. The zero-order valence-electron chi connectivity index (χ0n) is 15.1. The molecule has 6 heteroatoms. The number of hydrogen-bond donors (Lipinski definition) is 1. The smallest absolute Gasteiger partial charge is 0.308 e. The van der Waals surface area contributed by atoms with Crippen molar-refractivity contribution in [3.63, 3.8) is 0 Å². The van der Waals surface area contributed by atoms with Gasteiger partial charge in [-0.1, -0.05) is 19.9 Å². The first-order valence-electron chi connectivity index (χ1n) is 8.80. The van der Waals surface area contributed by atoms with E-state index >= 15 is 0 Å². The molecule has 0 aromatic heterocycles. The van der Waals surface area contributed by atoms with E-state index in [9.17, 15) is 14.7 Å². The molecule has 0 aliphatic carbocycles. The minimum atomic E-state index is -0.804. The third-order valence-electron chi connectivity index (χ3n) is 4.74. The van der Waals surface area contributed by atoms with Crippen molar-refractivity contribution in [1.29, 1.82) is 0 Å². The molecule has 2 aliphatic rings. The van der Waals surface area contributed by atoms with Crippen LogP contribution in [0.15, 0.2) is 11.6 Å². The molecule has 2 heterocycles. The summed E-state index contributed by atoms with van der Waals surface area (Å²) in [4.78, 5) is 27.9. The first-order chi connectivity index (χ1) is 11.3. The van der Waals surface area contributed by atoms with Crippen molar-refractivity contribution in [1.82, 2.24) is 9.80 Å². The largest absolute Gasteiger partial charge is 0.481 e. The Morgan fingerprint density at radius 2 is 1.92 bits per heavy atom. The molecule has 0 saturated carbocycles. The summed E-state index contributed by atoms with van der Waals surface area (Å²) in [6, 6.07) is 0. The highest BCUT2D eigenvalue weighted by Crippen LogP contribution is 2.24. The molecule has 0 radical (unpaired) electrons. The van der Waals surface area contributed by atoms with Crippen molar-refractivity contribution < 1.29 is 19.4 Å². The number of likely N-dealkylation sites (tertiary alicyclic amines) is 1. The number of piperidine rings is 1. The van der Waals surface area contributed by atoms with Gasteiger partial charge in [-0.25, -0.2) is 0 Å². The molecule has 1 unspecified atom stereocenters. The van der Waals surface area contributed by atoms with E-state index < -0.39 is 11.9 Å². The maximum Gasteiger partial charge on any atom is 0.308 e. The fraction of sp³-hybridized carbons (Fsp3) is 0.778. The van der Waals surface area contributed by atoms with Gasteiger partial charge in [-0.05, 0) is 25.2 Å². The summed E-state index contributed by atoms with van der Waals surface area (Å²) in [6.45, 7) is 11.4. The minimum Gasteiger partial charge on any atom is -0.481 e. The Balaban J connectivity index is 1.97. The number of carbonyl (C=O) groups excluding carboxylic acids is 1. The molecule has 6 nitrogen and oxygen atoms in total. The van der Waals surface area contributed by atoms with E-state index in [-0.39, 0.29) is 11.3 Å². The van der Waals surface area contributed by atoms with Gasteiger partial charge >= 0.3 is 5.97 Å². The zero-order chi connectivity index (χ0) is 17.7. The normalized spacial score (nSPS) is 24.0. The summed E-state index contributed by atoms with van der Waals surface area (Å²) in [5.41, 5.74) is 0.596. The Morgan fingerprint density at radius 1 is 1.25 bits per heavy atom. The fourth-order valence-corrected chi connectivity index (χ4v) is 3.64. The molecule has 0 aromatic rings. The summed E-state index contributed by atoms with van der Waals surface area (Å²) < 4.78 is 5.38. The van der Waals surface area contributed by atoms with E-state index in [1.807, 2.05) is 13.0 Å². The van der Waals surface area contributed by atoms with Gasteiger partial charge in [0.1, 0.15) is 0 Å². The van der Waals surface area contributed by atoms with Gasteiger partial charge in [0.05, 0.1) is 19.1 Å². The standard InChI is InChI=1S/C18H30N2O4/c1-14(11-18(2,3)13-19-7-9-24-10-8-19)16(21)20-6-4-5-15(12-20)17(22)23/h11,15H,4-10,12-13H2,1-3H3,(H,22,23)/b14-11+. The highest BCUT2D eigenvalue weighted by molar-refractivity contribution is 5.93. The Morgan fingerprint density at radius 3 is 2.54 bits per heavy atom. The van der Waals surface area contributed by atoms with Gasteiger partial charge in [0.15, 0.2) is 0 Å². The molecular formula is C18H30N2O4. The van der Waals surface area contributed by atoms with Crippen LogP contribution in [-0.2, 0) is 14.3 Å². The predicted molar refractivity (Wildman–Crippen MR) is 91.7 cm³/mol. The van der Waals surface area contributed by atoms with Crippen molar-refractivity contribution in [3.8, 4) is 0 Å². The summed E-state index contributed by atoms with van der Waals surface area (Å²) in [5, 5.41) is 9.18. The number of carboxylic acids is 1. The molecule has 1 amide bonds. The van der Waals surface area contributed by atoms with Gasteiger partial charge in [0.25, 0.3) is 0 Å². The Bertz CT molecular complexity index is 495. The van der Waals surface area contributed by atoms with Crippen LogP contribution in [0.3, 0.4) is 0 Å². The van der Waals surface area contributed by atoms with E-state index in [4.69, 9.17) is 4.74 Å². The molecule has 1 atom stereocenters. The Kier molecular flexibility index (Phi) is 6.40. The summed E-state index contributed by atoms with van der Waals surface area (Å²) in [6.07, 6.45) is 3.45. The van der Waals surface area contributed by atoms with Crippen LogP contribution in [0.1, 0.15) is 33.6 Å². The molecule has 2 saturated heterocycles. The van der Waals surface area contributed by atoms with Crippen LogP contribution < -0.4 is 0 Å². The van der Waals surface area contributed by atoms with Gasteiger partial charge < -0.3 is 14.7 Å². The third kappa shape index (κ3) is 5.31. The van der Waals surface area contributed by atoms with Crippen molar-refractivity contribution in [2.45, 2.75) is 33.6 Å². The lowest BCUT2D eigenvalue weighted by Gasteiger charge is -2.34. The maximum atomic E-state index is 12.7. The first kappa shape index (κ1) is 18.9. The highest BCUT2D eigenvalue weighted by atomic mass is 16.5. The van der Waals surface area contributed by atoms with E-state index in [0.717, 1.165) is 39.3 Å². The monoisotopic (exact) mass is 338 g/mol. The number of hydrogen-bond acceptors (Lipinski definition) is 4. The zero-order valence-corrected chi connectivity index (χ0v) is 15.1. The summed E-state index contributed by atoms with van der Waals surface area (Å²) in [5.74, 6) is -1.27. The molecule has 0 aromatic carbocycles. The molecule has 2 fully saturated rings. The average Bonchev–Trinajstić information content (AvgIpc) is 2.54. The van der Waals surface area contributed by atoms with E-state index in [1.54, 1.807) is 4.90 Å². The molecule has 1 N–H and O–H groups in total. The Hall–Kier alpha value is -1.40. The average molecular weight is 338 g/mol. The molecule has 0 bridgehead atoms. The lowest BCUT2D eigenvalue weighted by Crippen LogP contribution is -2.43. The second-order valence-corrected chi connectivity index (χ2v) is 7.63. The number of rotatable bonds is 5. The van der Waals surface area contributed by atoms with Gasteiger partial charge in [-0.15, -0.1) is 0 Å². The van der Waals surface area contributed by atoms with E-state index in [1.165, 1.54) is 0 Å². The van der Waals surface area contributed by atoms with Crippen LogP contribution in [0.25, 0.3) is 0 Å². The van der Waals surface area contributed by atoms with E-state index in [0.29, 0.717) is 25.1 Å². The molecule has 2 aliphatic heterocycles. The quantitative estimate of drug-likeness (QED) is 0.771. The Labute approximate surface area is 144 Å². The number of ether oxygens (including phenoxy) is 1. The number of amides is 1. The van der Waals surface area contributed by atoms with Crippen LogP contribution >= 0.6 is 0 Å². The highest BCUT2D eigenvalue weighted by Gasteiger charge is 2.29. The number of carboxylic acid groups (broad SMARTS) is 1. The topological polar surface area (TPSA) is 70.1 Å². The van der Waals surface area contributed by atoms with Crippen molar-refractivity contribution in [2.75, 3.05) is 45.9 Å². The molecule has 0 spiro atoms. The van der Waals surface area contributed by atoms with Gasteiger partial charge in [0, 0.05) is 38.3 Å². The van der Waals surface area contributed by atoms with E-state index in [2.05, 4.69) is 18.7 Å². The van der Waals surface area contributed by atoms with Crippen LogP contribution in [0.2, 0.25) is 0 Å². The van der Waals surface area contributed by atoms with Crippen molar-refractivity contribution in [2.24, 2.45) is 11.3 Å². The van der Waals surface area contributed by atoms with Crippen LogP contribution in [0, 0.1) is 11.3 Å². The van der Waals surface area contributed by atoms with Crippen LogP contribution in [0.4, 0.5) is 0 Å².